The highest BCUT2D eigenvalue weighted by Gasteiger charge is 2.47. The van der Waals surface area contributed by atoms with Crippen LogP contribution in [0.2, 0.25) is 0 Å². The zero-order valence-electron chi connectivity index (χ0n) is 10.1. The molecule has 0 N–H and O–H groups in total. The molecule has 0 aromatic carbocycles. The SMILES string of the molecule is CCO[C@@H]1[C@H](C)[C@@H]2CCC(=C(C#N)C#N)[C@H]1O2. The number of nitriles is 2. The number of allylic oxidation sites excluding steroid dienone is 1. The first kappa shape index (κ1) is 12.1. The smallest absolute Gasteiger partial charge is 0.131 e. The van der Waals surface area contributed by atoms with Crippen LogP contribution in [0.25, 0.3) is 0 Å². The van der Waals surface area contributed by atoms with Gasteiger partial charge in [0.25, 0.3) is 0 Å². The lowest BCUT2D eigenvalue weighted by Crippen LogP contribution is -2.30. The van der Waals surface area contributed by atoms with Crippen molar-refractivity contribution in [2.75, 3.05) is 6.61 Å². The molecule has 17 heavy (non-hydrogen) atoms. The summed E-state index contributed by atoms with van der Waals surface area (Å²) in [4.78, 5) is 0. The Morgan fingerprint density at radius 1 is 1.47 bits per heavy atom. The molecule has 2 saturated heterocycles. The van der Waals surface area contributed by atoms with Crippen molar-refractivity contribution in [1.82, 2.24) is 0 Å². The van der Waals surface area contributed by atoms with Crippen LogP contribution in [-0.4, -0.2) is 24.9 Å². The lowest BCUT2D eigenvalue weighted by molar-refractivity contribution is -0.0149. The van der Waals surface area contributed by atoms with Gasteiger partial charge in [-0.25, -0.2) is 0 Å². The molecule has 2 aliphatic heterocycles. The minimum atomic E-state index is -0.196. The van der Waals surface area contributed by atoms with Gasteiger partial charge in [-0.1, -0.05) is 6.92 Å². The largest absolute Gasteiger partial charge is 0.375 e. The molecule has 2 aliphatic rings. The third-order valence-electron chi connectivity index (χ3n) is 3.67. The Balaban J connectivity index is 2.33. The van der Waals surface area contributed by atoms with Crippen LogP contribution >= 0.6 is 0 Å². The van der Waals surface area contributed by atoms with Crippen LogP contribution in [0.1, 0.15) is 26.7 Å². The summed E-state index contributed by atoms with van der Waals surface area (Å²) in [6.45, 7) is 4.70. The number of hydrogen-bond donors (Lipinski definition) is 0. The van der Waals surface area contributed by atoms with E-state index in [1.165, 1.54) is 0 Å². The second kappa shape index (κ2) is 4.87. The van der Waals surface area contributed by atoms with Crippen LogP contribution in [0, 0.1) is 28.6 Å². The fourth-order valence-corrected chi connectivity index (χ4v) is 2.80. The summed E-state index contributed by atoms with van der Waals surface area (Å²) in [5, 5.41) is 17.9. The van der Waals surface area contributed by atoms with E-state index in [2.05, 4.69) is 6.92 Å². The van der Waals surface area contributed by atoms with Crippen molar-refractivity contribution in [1.29, 1.82) is 10.5 Å². The van der Waals surface area contributed by atoms with Gasteiger partial charge >= 0.3 is 0 Å². The Morgan fingerprint density at radius 2 is 2.18 bits per heavy atom. The van der Waals surface area contributed by atoms with Gasteiger partial charge in [-0.05, 0) is 25.3 Å². The van der Waals surface area contributed by atoms with E-state index < -0.39 is 0 Å². The van der Waals surface area contributed by atoms with Crippen molar-refractivity contribution >= 4 is 0 Å². The molecule has 0 radical (unpaired) electrons. The maximum atomic E-state index is 8.96. The summed E-state index contributed by atoms with van der Waals surface area (Å²) >= 11 is 0. The van der Waals surface area contributed by atoms with E-state index in [1.54, 1.807) is 0 Å². The predicted octanol–water partition coefficient (Wildman–Crippen LogP) is 1.93. The Labute approximate surface area is 101 Å². The topological polar surface area (TPSA) is 66.0 Å². The van der Waals surface area contributed by atoms with E-state index >= 15 is 0 Å². The molecule has 0 aromatic heterocycles. The first-order chi connectivity index (χ1) is 8.22. The molecule has 2 rings (SSSR count). The van der Waals surface area contributed by atoms with Gasteiger partial charge in [0.2, 0.25) is 0 Å². The number of nitrogens with zero attached hydrogens (tertiary/aromatic N) is 2. The average molecular weight is 232 g/mol. The fourth-order valence-electron chi connectivity index (χ4n) is 2.80. The van der Waals surface area contributed by atoms with Crippen LogP contribution in [0.5, 0.6) is 0 Å². The number of fused-ring (bicyclic) bond motifs is 2. The van der Waals surface area contributed by atoms with Crippen LogP contribution < -0.4 is 0 Å². The molecule has 90 valence electrons. The lowest BCUT2D eigenvalue weighted by Gasteiger charge is -2.25. The summed E-state index contributed by atoms with van der Waals surface area (Å²) in [7, 11) is 0. The van der Waals surface area contributed by atoms with Crippen molar-refractivity contribution in [2.24, 2.45) is 5.92 Å². The van der Waals surface area contributed by atoms with Crippen molar-refractivity contribution in [3.63, 3.8) is 0 Å². The van der Waals surface area contributed by atoms with E-state index in [0.717, 1.165) is 18.4 Å². The van der Waals surface area contributed by atoms with Crippen molar-refractivity contribution in [3.05, 3.63) is 11.1 Å². The molecule has 0 unspecified atom stereocenters. The Bertz CT molecular complexity index is 400. The molecule has 4 nitrogen and oxygen atoms in total. The Kier molecular flexibility index (Phi) is 3.47. The minimum Gasteiger partial charge on any atom is -0.375 e. The van der Waals surface area contributed by atoms with Gasteiger partial charge in [-0.2, -0.15) is 10.5 Å². The Hall–Kier alpha value is -1.36. The van der Waals surface area contributed by atoms with E-state index in [9.17, 15) is 0 Å². The zero-order valence-corrected chi connectivity index (χ0v) is 10.1. The molecule has 0 aromatic rings. The summed E-state index contributed by atoms with van der Waals surface area (Å²) < 4.78 is 11.6. The lowest BCUT2D eigenvalue weighted by atomic mass is 9.96. The van der Waals surface area contributed by atoms with Crippen LogP contribution in [0.15, 0.2) is 11.1 Å². The van der Waals surface area contributed by atoms with Crippen molar-refractivity contribution in [3.8, 4) is 12.1 Å². The molecule has 2 fully saturated rings. The first-order valence-corrected chi connectivity index (χ1v) is 6.03. The second-order valence-corrected chi connectivity index (χ2v) is 4.54. The maximum absolute atomic E-state index is 8.96. The van der Waals surface area contributed by atoms with Crippen LogP contribution in [0.3, 0.4) is 0 Å². The first-order valence-electron chi connectivity index (χ1n) is 6.03. The highest BCUT2D eigenvalue weighted by atomic mass is 16.6. The average Bonchev–Trinajstić information content (AvgIpc) is 2.59. The highest BCUT2D eigenvalue weighted by molar-refractivity contribution is 5.43. The van der Waals surface area contributed by atoms with Crippen LogP contribution in [0.4, 0.5) is 0 Å². The van der Waals surface area contributed by atoms with Crippen LogP contribution in [-0.2, 0) is 9.47 Å². The second-order valence-electron chi connectivity index (χ2n) is 4.54. The van der Waals surface area contributed by atoms with E-state index in [0.29, 0.717) is 12.5 Å². The summed E-state index contributed by atoms with van der Waals surface area (Å²) in [6, 6.07) is 3.93. The molecular weight excluding hydrogens is 216 g/mol. The molecule has 4 atom stereocenters. The third kappa shape index (κ3) is 1.95. The quantitative estimate of drug-likeness (QED) is 0.682. The Morgan fingerprint density at radius 3 is 2.76 bits per heavy atom. The van der Waals surface area contributed by atoms with E-state index in [1.807, 2.05) is 19.1 Å². The monoisotopic (exact) mass is 232 g/mol. The standard InChI is InChI=1S/C13H16N2O2/c1-3-16-12-8(2)11-5-4-10(13(12)17-11)9(6-14)7-15/h8,11-13H,3-5H2,1-2H3/t8-,11+,12-,13-/m1/s1. The van der Waals surface area contributed by atoms with Crippen molar-refractivity contribution < 1.29 is 9.47 Å². The van der Waals surface area contributed by atoms with E-state index in [4.69, 9.17) is 20.0 Å². The molecule has 0 amide bonds. The highest BCUT2D eigenvalue weighted by Crippen LogP contribution is 2.42. The maximum Gasteiger partial charge on any atom is 0.131 e. The molecule has 0 saturated carbocycles. The van der Waals surface area contributed by atoms with Crippen molar-refractivity contribution in [2.45, 2.75) is 45.0 Å². The summed E-state index contributed by atoms with van der Waals surface area (Å²) in [5.41, 5.74) is 1.03. The molecule has 0 aliphatic carbocycles. The van der Waals surface area contributed by atoms with Gasteiger partial charge in [-0.3, -0.25) is 0 Å². The van der Waals surface area contributed by atoms with Gasteiger partial charge in [0.05, 0.1) is 12.2 Å². The molecular formula is C13H16N2O2. The number of rotatable bonds is 2. The summed E-state index contributed by atoms with van der Waals surface area (Å²) in [5.74, 6) is 0.330. The van der Waals surface area contributed by atoms with Gasteiger partial charge in [-0.15, -0.1) is 0 Å². The van der Waals surface area contributed by atoms with E-state index in [-0.39, 0.29) is 23.9 Å². The van der Waals surface area contributed by atoms with Gasteiger partial charge in [0.1, 0.15) is 23.8 Å². The molecule has 2 bridgehead atoms. The summed E-state index contributed by atoms with van der Waals surface area (Å²) in [6.07, 6.45) is 1.65. The predicted molar refractivity (Wildman–Crippen MR) is 60.7 cm³/mol. The molecule has 4 heteroatoms. The zero-order chi connectivity index (χ0) is 12.4. The third-order valence-corrected chi connectivity index (χ3v) is 3.67. The normalized spacial score (nSPS) is 35.2. The number of hydrogen-bond acceptors (Lipinski definition) is 4. The van der Waals surface area contributed by atoms with Gasteiger partial charge in [0.15, 0.2) is 0 Å². The molecule has 2 heterocycles. The fraction of sp³-hybridized carbons (Fsp3) is 0.692. The van der Waals surface area contributed by atoms with Gasteiger partial charge < -0.3 is 9.47 Å². The minimum absolute atomic E-state index is 0.0146. The number of ether oxygens (including phenoxy) is 2. The molecule has 0 spiro atoms. The van der Waals surface area contributed by atoms with Gasteiger partial charge in [0, 0.05) is 12.5 Å².